The van der Waals surface area contributed by atoms with Gasteiger partial charge in [0.15, 0.2) is 5.82 Å². The standard InChI is InChI=1S/C18H26N4O/c1-18(2,3)15-6-7-16(20-19-15)21-8-13-10-22(11-14(13)9-21)17(23)12-4-5-12/h6-7,12-14H,4-5,8-11H2,1-3H3. The molecule has 2 unspecified atom stereocenters. The highest BCUT2D eigenvalue weighted by Gasteiger charge is 2.44. The average Bonchev–Trinajstić information content (AvgIpc) is 3.16. The lowest BCUT2D eigenvalue weighted by Gasteiger charge is -2.23. The van der Waals surface area contributed by atoms with Crippen molar-refractivity contribution in [2.75, 3.05) is 31.1 Å². The third-order valence-electron chi connectivity index (χ3n) is 5.47. The first-order valence-electron chi connectivity index (χ1n) is 8.80. The lowest BCUT2D eigenvalue weighted by molar-refractivity contribution is -0.131. The zero-order valence-electron chi connectivity index (χ0n) is 14.3. The molecule has 5 heteroatoms. The number of rotatable bonds is 2. The van der Waals surface area contributed by atoms with Crippen LogP contribution < -0.4 is 4.90 Å². The summed E-state index contributed by atoms with van der Waals surface area (Å²) in [7, 11) is 0. The van der Waals surface area contributed by atoms with Crippen LogP contribution in [-0.4, -0.2) is 47.2 Å². The van der Waals surface area contributed by atoms with Crippen LogP contribution in [0.25, 0.3) is 0 Å². The van der Waals surface area contributed by atoms with Gasteiger partial charge in [0.05, 0.1) is 5.69 Å². The van der Waals surface area contributed by atoms with Crippen molar-refractivity contribution in [1.82, 2.24) is 15.1 Å². The lowest BCUT2D eigenvalue weighted by atomic mass is 9.92. The molecular weight excluding hydrogens is 288 g/mol. The quantitative estimate of drug-likeness (QED) is 0.838. The van der Waals surface area contributed by atoms with Crippen LogP contribution in [0.5, 0.6) is 0 Å². The third-order valence-corrected chi connectivity index (χ3v) is 5.47. The smallest absolute Gasteiger partial charge is 0.225 e. The van der Waals surface area contributed by atoms with Gasteiger partial charge in [-0.25, -0.2) is 0 Å². The molecule has 5 nitrogen and oxygen atoms in total. The molecule has 1 aromatic heterocycles. The molecule has 0 aromatic carbocycles. The molecule has 0 N–H and O–H groups in total. The van der Waals surface area contributed by atoms with Gasteiger partial charge < -0.3 is 9.80 Å². The molecule has 3 aliphatic rings. The second-order valence-electron chi connectivity index (χ2n) is 8.47. The van der Waals surface area contributed by atoms with Crippen LogP contribution in [0.3, 0.4) is 0 Å². The van der Waals surface area contributed by atoms with Crippen molar-refractivity contribution in [2.45, 2.75) is 39.0 Å². The number of hydrogen-bond acceptors (Lipinski definition) is 4. The second-order valence-corrected chi connectivity index (χ2v) is 8.47. The first-order valence-corrected chi connectivity index (χ1v) is 8.80. The highest BCUT2D eigenvalue weighted by molar-refractivity contribution is 5.81. The number of carbonyl (C=O) groups is 1. The van der Waals surface area contributed by atoms with Gasteiger partial charge in [-0.1, -0.05) is 20.8 Å². The minimum atomic E-state index is 0.0384. The van der Waals surface area contributed by atoms with E-state index in [-0.39, 0.29) is 5.41 Å². The van der Waals surface area contributed by atoms with Crippen molar-refractivity contribution >= 4 is 11.7 Å². The van der Waals surface area contributed by atoms with Gasteiger partial charge in [0.2, 0.25) is 5.91 Å². The minimum Gasteiger partial charge on any atom is -0.354 e. The normalized spacial score (nSPS) is 27.4. The molecule has 1 aromatic rings. The van der Waals surface area contributed by atoms with E-state index in [2.05, 4.69) is 52.9 Å². The van der Waals surface area contributed by atoms with Crippen LogP contribution in [0.2, 0.25) is 0 Å². The molecule has 2 aliphatic heterocycles. The van der Waals surface area contributed by atoms with Gasteiger partial charge in [-0.05, 0) is 25.0 Å². The predicted octanol–water partition coefficient (Wildman–Crippen LogP) is 2.08. The molecule has 3 heterocycles. The highest BCUT2D eigenvalue weighted by atomic mass is 16.2. The number of carbonyl (C=O) groups excluding carboxylic acids is 1. The molecule has 4 rings (SSSR count). The first-order chi connectivity index (χ1) is 10.9. The Morgan fingerprint density at radius 1 is 1.04 bits per heavy atom. The fourth-order valence-corrected chi connectivity index (χ4v) is 3.84. The van der Waals surface area contributed by atoms with Crippen molar-refractivity contribution in [3.63, 3.8) is 0 Å². The molecule has 2 saturated heterocycles. The van der Waals surface area contributed by atoms with Crippen LogP contribution in [0, 0.1) is 17.8 Å². The Bertz CT molecular complexity index is 588. The summed E-state index contributed by atoms with van der Waals surface area (Å²) >= 11 is 0. The molecule has 0 bridgehead atoms. The van der Waals surface area contributed by atoms with Gasteiger partial charge in [0.1, 0.15) is 0 Å². The Kier molecular flexibility index (Phi) is 3.36. The maximum Gasteiger partial charge on any atom is 0.225 e. The number of anilines is 1. The summed E-state index contributed by atoms with van der Waals surface area (Å²) in [6.07, 6.45) is 2.21. The van der Waals surface area contributed by atoms with Crippen LogP contribution in [-0.2, 0) is 10.2 Å². The summed E-state index contributed by atoms with van der Waals surface area (Å²) < 4.78 is 0. The second kappa shape index (κ2) is 5.18. The van der Waals surface area contributed by atoms with Crippen LogP contribution in [0.15, 0.2) is 12.1 Å². The van der Waals surface area contributed by atoms with Gasteiger partial charge in [-0.15, -0.1) is 5.10 Å². The van der Waals surface area contributed by atoms with E-state index < -0.39 is 0 Å². The maximum atomic E-state index is 12.2. The van der Waals surface area contributed by atoms with Crippen LogP contribution in [0.4, 0.5) is 5.82 Å². The molecule has 23 heavy (non-hydrogen) atoms. The van der Waals surface area contributed by atoms with E-state index in [0.29, 0.717) is 23.7 Å². The van der Waals surface area contributed by atoms with E-state index in [1.54, 1.807) is 0 Å². The Morgan fingerprint density at radius 2 is 1.70 bits per heavy atom. The summed E-state index contributed by atoms with van der Waals surface area (Å²) in [5.41, 5.74) is 1.07. The van der Waals surface area contributed by atoms with E-state index in [4.69, 9.17) is 0 Å². The van der Waals surface area contributed by atoms with E-state index in [1.807, 2.05) is 0 Å². The first kappa shape index (κ1) is 14.9. The zero-order valence-corrected chi connectivity index (χ0v) is 14.3. The maximum absolute atomic E-state index is 12.2. The van der Waals surface area contributed by atoms with Gasteiger partial charge in [-0.3, -0.25) is 4.79 Å². The number of nitrogens with zero attached hydrogens (tertiary/aromatic N) is 4. The average molecular weight is 314 g/mol. The monoisotopic (exact) mass is 314 g/mol. The summed E-state index contributed by atoms with van der Waals surface area (Å²) in [5.74, 6) is 2.93. The molecule has 1 saturated carbocycles. The van der Waals surface area contributed by atoms with Crippen molar-refractivity contribution in [2.24, 2.45) is 17.8 Å². The Morgan fingerprint density at radius 3 is 2.17 bits per heavy atom. The highest BCUT2D eigenvalue weighted by Crippen LogP contribution is 2.37. The third kappa shape index (κ3) is 2.81. The fourth-order valence-electron chi connectivity index (χ4n) is 3.84. The topological polar surface area (TPSA) is 49.3 Å². The molecule has 1 aliphatic carbocycles. The number of amides is 1. The summed E-state index contributed by atoms with van der Waals surface area (Å²) in [4.78, 5) is 16.7. The molecule has 3 fully saturated rings. The molecule has 124 valence electrons. The van der Waals surface area contributed by atoms with Crippen molar-refractivity contribution < 1.29 is 4.79 Å². The fraction of sp³-hybridized carbons (Fsp3) is 0.722. The van der Waals surface area contributed by atoms with E-state index in [9.17, 15) is 4.79 Å². The van der Waals surface area contributed by atoms with E-state index >= 15 is 0 Å². The molecule has 0 spiro atoms. The van der Waals surface area contributed by atoms with Crippen molar-refractivity contribution in [3.05, 3.63) is 17.8 Å². The molecule has 0 radical (unpaired) electrons. The minimum absolute atomic E-state index is 0.0384. The van der Waals surface area contributed by atoms with Crippen molar-refractivity contribution in [3.8, 4) is 0 Å². The largest absolute Gasteiger partial charge is 0.354 e. The SMILES string of the molecule is CC(C)(C)c1ccc(N2CC3CN(C(=O)C4CC4)CC3C2)nn1. The van der Waals surface area contributed by atoms with E-state index in [0.717, 1.165) is 50.5 Å². The number of likely N-dealkylation sites (tertiary alicyclic amines) is 1. The molecular formula is C18H26N4O. The van der Waals surface area contributed by atoms with Crippen molar-refractivity contribution in [1.29, 1.82) is 0 Å². The Labute approximate surface area is 138 Å². The number of hydrogen-bond donors (Lipinski definition) is 0. The molecule has 1 amide bonds. The van der Waals surface area contributed by atoms with Crippen LogP contribution in [0.1, 0.15) is 39.3 Å². The molecule has 2 atom stereocenters. The summed E-state index contributed by atoms with van der Waals surface area (Å²) in [5, 5.41) is 8.85. The summed E-state index contributed by atoms with van der Waals surface area (Å²) in [6, 6.07) is 4.20. The van der Waals surface area contributed by atoms with Crippen LogP contribution >= 0.6 is 0 Å². The van der Waals surface area contributed by atoms with Gasteiger partial charge in [0.25, 0.3) is 0 Å². The Hall–Kier alpha value is -1.65. The van der Waals surface area contributed by atoms with Gasteiger partial charge in [0, 0.05) is 49.3 Å². The predicted molar refractivity (Wildman–Crippen MR) is 89.2 cm³/mol. The van der Waals surface area contributed by atoms with E-state index in [1.165, 1.54) is 0 Å². The number of fused-ring (bicyclic) bond motifs is 1. The zero-order chi connectivity index (χ0) is 16.2. The summed E-state index contributed by atoms with van der Waals surface area (Å²) in [6.45, 7) is 10.3. The number of aromatic nitrogens is 2. The lowest BCUT2D eigenvalue weighted by Crippen LogP contribution is -2.34. The van der Waals surface area contributed by atoms with Gasteiger partial charge >= 0.3 is 0 Å². The van der Waals surface area contributed by atoms with Gasteiger partial charge in [-0.2, -0.15) is 5.10 Å². The Balaban J connectivity index is 1.39.